The van der Waals surface area contributed by atoms with Crippen LogP contribution in [-0.4, -0.2) is 36.6 Å². The maximum absolute atomic E-state index is 13.2. The summed E-state index contributed by atoms with van der Waals surface area (Å²) in [5.74, 6) is -0.463. The molecule has 0 saturated carbocycles. The molecule has 0 bridgehead atoms. The van der Waals surface area contributed by atoms with Gasteiger partial charge in [0.1, 0.15) is 0 Å². The molecule has 0 aromatic heterocycles. The van der Waals surface area contributed by atoms with Crippen molar-refractivity contribution in [1.82, 2.24) is 4.31 Å². The van der Waals surface area contributed by atoms with Crippen LogP contribution in [0, 0.1) is 24.0 Å². The number of rotatable bonds is 5. The van der Waals surface area contributed by atoms with Crippen LogP contribution in [0.1, 0.15) is 47.2 Å². The Morgan fingerprint density at radius 3 is 2.27 bits per heavy atom. The van der Waals surface area contributed by atoms with Crippen LogP contribution in [0.3, 0.4) is 0 Å². The minimum Gasteiger partial charge on any atom is -0.322 e. The molecule has 2 aromatic rings. The molecule has 160 valence electrons. The number of nitrogens with zero attached hydrogens (tertiary/aromatic N) is 2. The molecule has 8 nitrogen and oxygen atoms in total. The van der Waals surface area contributed by atoms with Gasteiger partial charge in [0.15, 0.2) is 0 Å². The molecule has 30 heavy (non-hydrogen) atoms. The third kappa shape index (κ3) is 4.68. The minimum atomic E-state index is -3.65. The fourth-order valence-electron chi connectivity index (χ4n) is 3.58. The van der Waals surface area contributed by atoms with E-state index in [-0.39, 0.29) is 16.1 Å². The number of hydrogen-bond donors (Lipinski definition) is 1. The zero-order valence-electron chi connectivity index (χ0n) is 17.1. The van der Waals surface area contributed by atoms with Gasteiger partial charge in [-0.1, -0.05) is 18.9 Å². The zero-order valence-corrected chi connectivity index (χ0v) is 17.9. The van der Waals surface area contributed by atoms with Gasteiger partial charge in [-0.3, -0.25) is 14.9 Å². The Kier molecular flexibility index (Phi) is 6.52. The van der Waals surface area contributed by atoms with Crippen LogP contribution in [0.25, 0.3) is 0 Å². The van der Waals surface area contributed by atoms with Crippen LogP contribution in [0.5, 0.6) is 0 Å². The summed E-state index contributed by atoms with van der Waals surface area (Å²) in [7, 11) is -3.65. The molecule has 1 amide bonds. The number of anilines is 1. The number of sulfonamides is 1. The normalized spacial score (nSPS) is 15.4. The lowest BCUT2D eigenvalue weighted by Gasteiger charge is -2.21. The first-order chi connectivity index (χ1) is 14.2. The third-order valence-electron chi connectivity index (χ3n) is 5.28. The highest BCUT2D eigenvalue weighted by molar-refractivity contribution is 7.89. The summed E-state index contributed by atoms with van der Waals surface area (Å²) in [6, 6.07) is 8.90. The number of hydrogen-bond acceptors (Lipinski definition) is 5. The molecular formula is C21H25N3O5S. The molecule has 3 rings (SSSR count). The maximum atomic E-state index is 13.2. The van der Waals surface area contributed by atoms with Gasteiger partial charge in [0, 0.05) is 36.0 Å². The van der Waals surface area contributed by atoms with Gasteiger partial charge in [0.25, 0.3) is 11.6 Å². The highest BCUT2D eigenvalue weighted by Gasteiger charge is 2.27. The largest absolute Gasteiger partial charge is 0.322 e. The third-order valence-corrected chi connectivity index (χ3v) is 7.33. The Balaban J connectivity index is 1.85. The topological polar surface area (TPSA) is 110 Å². The van der Waals surface area contributed by atoms with E-state index in [0.717, 1.165) is 25.7 Å². The van der Waals surface area contributed by atoms with Crippen molar-refractivity contribution < 1.29 is 18.1 Å². The molecule has 9 heteroatoms. The second kappa shape index (κ2) is 8.93. The summed E-state index contributed by atoms with van der Waals surface area (Å²) in [6.45, 7) is 4.30. The number of nitro groups is 1. The quantitative estimate of drug-likeness (QED) is 0.568. The van der Waals surface area contributed by atoms with Gasteiger partial charge in [0.05, 0.1) is 9.82 Å². The zero-order chi connectivity index (χ0) is 21.9. The van der Waals surface area contributed by atoms with Gasteiger partial charge in [-0.2, -0.15) is 4.31 Å². The maximum Gasteiger partial charge on any atom is 0.272 e. The predicted octanol–water partition coefficient (Wildman–Crippen LogP) is 4.03. The first-order valence-corrected chi connectivity index (χ1v) is 11.3. The van der Waals surface area contributed by atoms with Crippen LogP contribution < -0.4 is 5.32 Å². The summed E-state index contributed by atoms with van der Waals surface area (Å²) >= 11 is 0. The number of amides is 1. The molecule has 0 atom stereocenters. The first kappa shape index (κ1) is 21.9. The lowest BCUT2D eigenvalue weighted by molar-refractivity contribution is -0.385. The highest BCUT2D eigenvalue weighted by atomic mass is 32.2. The van der Waals surface area contributed by atoms with E-state index in [2.05, 4.69) is 5.32 Å². The van der Waals surface area contributed by atoms with E-state index in [1.54, 1.807) is 26.0 Å². The summed E-state index contributed by atoms with van der Waals surface area (Å²) in [6.07, 6.45) is 3.73. The minimum absolute atomic E-state index is 0.0623. The van der Waals surface area contributed by atoms with Crippen molar-refractivity contribution in [3.05, 3.63) is 63.2 Å². The Labute approximate surface area is 176 Å². The summed E-state index contributed by atoms with van der Waals surface area (Å²) in [5.41, 5.74) is 1.54. The number of carbonyl (C=O) groups excluding carboxylic acids is 1. The van der Waals surface area contributed by atoms with Crippen molar-refractivity contribution in [1.29, 1.82) is 0 Å². The van der Waals surface area contributed by atoms with Gasteiger partial charge in [-0.05, 0) is 56.5 Å². The van der Waals surface area contributed by atoms with E-state index in [0.29, 0.717) is 29.9 Å². The molecule has 0 radical (unpaired) electrons. The predicted molar refractivity (Wildman–Crippen MR) is 114 cm³/mol. The SMILES string of the molecule is Cc1cc(C(=O)Nc2ccc(C)c(S(=O)(=O)N3CCCCCC3)c2)ccc1[N+](=O)[O-]. The van der Waals surface area contributed by atoms with Gasteiger partial charge >= 0.3 is 0 Å². The summed E-state index contributed by atoms with van der Waals surface area (Å²) in [4.78, 5) is 23.2. The molecule has 2 aromatic carbocycles. The van der Waals surface area contributed by atoms with Crippen LogP contribution in [-0.2, 0) is 10.0 Å². The van der Waals surface area contributed by atoms with Crippen molar-refractivity contribution in [3.8, 4) is 0 Å². The molecule has 0 aliphatic carbocycles. The number of aryl methyl sites for hydroxylation is 2. The van der Waals surface area contributed by atoms with E-state index in [4.69, 9.17) is 0 Å². The first-order valence-electron chi connectivity index (χ1n) is 9.87. The monoisotopic (exact) mass is 431 g/mol. The van der Waals surface area contributed by atoms with Crippen LogP contribution in [0.15, 0.2) is 41.3 Å². The fraction of sp³-hybridized carbons (Fsp3) is 0.381. The molecular weight excluding hydrogens is 406 g/mol. The summed E-state index contributed by atoms with van der Waals surface area (Å²) < 4.78 is 27.8. The average molecular weight is 432 g/mol. The Morgan fingerprint density at radius 1 is 1.00 bits per heavy atom. The summed E-state index contributed by atoms with van der Waals surface area (Å²) in [5, 5.41) is 13.7. The molecule has 1 saturated heterocycles. The standard InChI is InChI=1S/C21H25N3O5S/c1-15-7-9-18(14-20(15)30(28,29)23-11-5-3-4-6-12-23)22-21(25)17-8-10-19(24(26)27)16(2)13-17/h7-10,13-14H,3-6,11-12H2,1-2H3,(H,22,25). The van der Waals surface area contributed by atoms with Gasteiger partial charge in [-0.25, -0.2) is 8.42 Å². The van der Waals surface area contributed by atoms with Gasteiger partial charge in [0.2, 0.25) is 10.0 Å². The lowest BCUT2D eigenvalue weighted by atomic mass is 10.1. The molecule has 0 unspecified atom stereocenters. The van der Waals surface area contributed by atoms with E-state index in [1.165, 1.54) is 28.6 Å². The van der Waals surface area contributed by atoms with Crippen LogP contribution >= 0.6 is 0 Å². The second-order valence-electron chi connectivity index (χ2n) is 7.51. The number of carbonyl (C=O) groups is 1. The number of benzene rings is 2. The van der Waals surface area contributed by atoms with Gasteiger partial charge in [-0.15, -0.1) is 0 Å². The van der Waals surface area contributed by atoms with Crippen molar-refractivity contribution in [2.45, 2.75) is 44.4 Å². The fourth-order valence-corrected chi connectivity index (χ4v) is 5.35. The van der Waals surface area contributed by atoms with Crippen molar-refractivity contribution in [3.63, 3.8) is 0 Å². The van der Waals surface area contributed by atoms with Crippen molar-refractivity contribution >= 4 is 27.3 Å². The number of nitrogens with one attached hydrogen (secondary N) is 1. The molecule has 1 fully saturated rings. The van der Waals surface area contributed by atoms with Crippen molar-refractivity contribution in [2.75, 3.05) is 18.4 Å². The average Bonchev–Trinajstić information content (AvgIpc) is 2.99. The van der Waals surface area contributed by atoms with E-state index in [9.17, 15) is 23.3 Å². The van der Waals surface area contributed by atoms with Crippen LogP contribution in [0.2, 0.25) is 0 Å². The van der Waals surface area contributed by atoms with E-state index >= 15 is 0 Å². The Morgan fingerprint density at radius 2 is 1.67 bits per heavy atom. The molecule has 1 heterocycles. The van der Waals surface area contributed by atoms with Crippen molar-refractivity contribution in [2.24, 2.45) is 0 Å². The molecule has 0 spiro atoms. The van der Waals surface area contributed by atoms with Gasteiger partial charge < -0.3 is 5.32 Å². The van der Waals surface area contributed by atoms with E-state index in [1.807, 2.05) is 0 Å². The smallest absolute Gasteiger partial charge is 0.272 e. The lowest BCUT2D eigenvalue weighted by Crippen LogP contribution is -2.32. The Hall–Kier alpha value is -2.78. The molecule has 1 N–H and O–H groups in total. The highest BCUT2D eigenvalue weighted by Crippen LogP contribution is 2.26. The van der Waals surface area contributed by atoms with E-state index < -0.39 is 20.9 Å². The number of nitro benzene ring substituents is 1. The Bertz CT molecular complexity index is 1070. The molecule has 1 aliphatic rings. The van der Waals surface area contributed by atoms with Crippen LogP contribution in [0.4, 0.5) is 11.4 Å². The second-order valence-corrected chi connectivity index (χ2v) is 9.42. The molecule has 1 aliphatic heterocycles.